The largest absolute Gasteiger partial charge is 0.0616 e. The molecular formula is C74H46. The van der Waals surface area contributed by atoms with Gasteiger partial charge in [-0.1, -0.05) is 261 Å². The van der Waals surface area contributed by atoms with Crippen LogP contribution in [-0.4, -0.2) is 0 Å². The van der Waals surface area contributed by atoms with Gasteiger partial charge in [-0.15, -0.1) is 0 Å². The predicted octanol–water partition coefficient (Wildman–Crippen LogP) is 20.9. The van der Waals surface area contributed by atoms with Crippen LogP contribution in [0.25, 0.3) is 153 Å². The van der Waals surface area contributed by atoms with Crippen molar-refractivity contribution in [3.8, 4) is 66.8 Å². The predicted molar refractivity (Wildman–Crippen MR) is 319 cm³/mol. The lowest BCUT2D eigenvalue weighted by molar-refractivity contribution is 1.62. The summed E-state index contributed by atoms with van der Waals surface area (Å²) in [5.41, 5.74) is 14.9. The van der Waals surface area contributed by atoms with Crippen molar-refractivity contribution in [3.63, 3.8) is 0 Å². The Morgan fingerprint density at radius 3 is 0.838 bits per heavy atom. The van der Waals surface area contributed by atoms with E-state index in [2.05, 4.69) is 279 Å². The van der Waals surface area contributed by atoms with Crippen LogP contribution in [-0.2, 0) is 0 Å². The average molecular weight is 935 g/mol. The van der Waals surface area contributed by atoms with Crippen LogP contribution < -0.4 is 0 Å². The average Bonchev–Trinajstić information content (AvgIpc) is 3.48. The van der Waals surface area contributed by atoms with E-state index in [4.69, 9.17) is 0 Å². The van der Waals surface area contributed by atoms with Crippen molar-refractivity contribution in [1.29, 1.82) is 0 Å². The quantitative estimate of drug-likeness (QED) is 0.146. The Morgan fingerprint density at radius 2 is 0.419 bits per heavy atom. The molecule has 0 aromatic heterocycles. The molecule has 0 saturated heterocycles. The molecule has 0 saturated carbocycles. The zero-order chi connectivity index (χ0) is 48.7. The van der Waals surface area contributed by atoms with Crippen molar-refractivity contribution in [2.45, 2.75) is 0 Å². The molecule has 0 fully saturated rings. The first-order chi connectivity index (χ1) is 36.7. The fourth-order valence-electron chi connectivity index (χ4n) is 12.5. The van der Waals surface area contributed by atoms with Gasteiger partial charge in [-0.3, -0.25) is 0 Å². The molecule has 0 nitrogen and oxygen atoms in total. The minimum atomic E-state index is 1.19. The molecule has 0 bridgehead atoms. The van der Waals surface area contributed by atoms with E-state index >= 15 is 0 Å². The lowest BCUT2D eigenvalue weighted by atomic mass is 9.83. The summed E-state index contributed by atoms with van der Waals surface area (Å²) in [6.07, 6.45) is 0. The van der Waals surface area contributed by atoms with Crippen molar-refractivity contribution in [1.82, 2.24) is 0 Å². The summed E-state index contributed by atoms with van der Waals surface area (Å²) in [7, 11) is 0. The fraction of sp³-hybridized carbons (Fsp3) is 0. The van der Waals surface area contributed by atoms with Crippen LogP contribution in [0, 0.1) is 0 Å². The van der Waals surface area contributed by atoms with E-state index in [-0.39, 0.29) is 0 Å². The van der Waals surface area contributed by atoms with Gasteiger partial charge in [0.1, 0.15) is 0 Å². The molecule has 0 N–H and O–H groups in total. The highest BCUT2D eigenvalue weighted by atomic mass is 14.2. The van der Waals surface area contributed by atoms with Crippen molar-refractivity contribution in [3.05, 3.63) is 279 Å². The van der Waals surface area contributed by atoms with Gasteiger partial charge in [0.05, 0.1) is 0 Å². The second-order valence-electron chi connectivity index (χ2n) is 19.8. The number of hydrogen-bond donors (Lipinski definition) is 0. The van der Waals surface area contributed by atoms with Gasteiger partial charge in [-0.05, 0) is 171 Å². The molecule has 0 aliphatic carbocycles. The van der Waals surface area contributed by atoms with Crippen molar-refractivity contribution >= 4 is 86.2 Å². The molecule has 0 radical (unpaired) electrons. The van der Waals surface area contributed by atoms with Crippen molar-refractivity contribution < 1.29 is 0 Å². The monoisotopic (exact) mass is 934 g/mol. The third kappa shape index (κ3) is 6.62. The van der Waals surface area contributed by atoms with E-state index in [1.54, 1.807) is 0 Å². The van der Waals surface area contributed by atoms with Gasteiger partial charge in [-0.25, -0.2) is 0 Å². The Labute approximate surface area is 429 Å². The van der Waals surface area contributed by atoms with E-state index in [1.165, 1.54) is 153 Å². The molecule has 15 aromatic rings. The molecule has 342 valence electrons. The van der Waals surface area contributed by atoms with E-state index in [1.807, 2.05) is 0 Å². The van der Waals surface area contributed by atoms with E-state index in [0.29, 0.717) is 0 Å². The molecule has 0 heterocycles. The molecule has 0 aliphatic heterocycles. The maximum Gasteiger partial charge on any atom is -0.00201 e. The molecule has 0 spiro atoms. The van der Waals surface area contributed by atoms with Crippen LogP contribution in [0.1, 0.15) is 0 Å². The van der Waals surface area contributed by atoms with E-state index in [0.717, 1.165) is 0 Å². The number of benzene rings is 15. The standard InChI is InChI=1S/C74H46/c1-3-26-55-47(18-1)20-15-37-58(55)72-62-30-7-5-28-60(62)71(61-29-6-8-31-63(61)72)54-25-13-24-53(44-54)57-36-14-22-49-40-42-51(45-69(49)57)52-43-41-50-23-17-39-68(70(50)46-52)74-66-34-11-9-32-64(66)73(65-33-10-12-35-67(65)74)59-38-16-21-48-19-2-4-27-56(48)59/h1-46H. The highest BCUT2D eigenvalue weighted by Gasteiger charge is 2.21. The lowest BCUT2D eigenvalue weighted by Crippen LogP contribution is -1.92. The van der Waals surface area contributed by atoms with Crippen LogP contribution in [0.4, 0.5) is 0 Å². The molecule has 15 aromatic carbocycles. The normalized spacial score (nSPS) is 11.8. The minimum absolute atomic E-state index is 1.19. The van der Waals surface area contributed by atoms with Crippen LogP contribution in [0.5, 0.6) is 0 Å². The summed E-state index contributed by atoms with van der Waals surface area (Å²) in [6.45, 7) is 0. The second-order valence-corrected chi connectivity index (χ2v) is 19.8. The summed E-state index contributed by atoms with van der Waals surface area (Å²) in [5, 5.41) is 20.0. The first-order valence-electron chi connectivity index (χ1n) is 25.7. The van der Waals surface area contributed by atoms with Crippen molar-refractivity contribution in [2.75, 3.05) is 0 Å². The molecule has 15 rings (SSSR count). The maximum absolute atomic E-state index is 2.43. The molecule has 0 atom stereocenters. The van der Waals surface area contributed by atoms with Gasteiger partial charge in [0.15, 0.2) is 0 Å². The summed E-state index contributed by atoms with van der Waals surface area (Å²) in [5.74, 6) is 0. The molecule has 74 heavy (non-hydrogen) atoms. The van der Waals surface area contributed by atoms with Gasteiger partial charge < -0.3 is 0 Å². The minimum Gasteiger partial charge on any atom is -0.0616 e. The van der Waals surface area contributed by atoms with Gasteiger partial charge in [0.25, 0.3) is 0 Å². The fourth-order valence-corrected chi connectivity index (χ4v) is 12.5. The highest BCUT2D eigenvalue weighted by molar-refractivity contribution is 6.26. The zero-order valence-electron chi connectivity index (χ0n) is 40.6. The van der Waals surface area contributed by atoms with Gasteiger partial charge in [-0.2, -0.15) is 0 Å². The van der Waals surface area contributed by atoms with Crippen LogP contribution in [0.15, 0.2) is 279 Å². The SMILES string of the molecule is c1cc(-c2cccc3ccc(-c4ccc5cccc(-c6c7ccccc7c(-c7cccc8ccccc78)c7ccccc67)c5c4)cc23)cc(-c2c3ccccc3c(-c3cccc4ccccc34)c3ccccc23)c1. The molecule has 0 amide bonds. The number of fused-ring (bicyclic) bond motifs is 8. The summed E-state index contributed by atoms with van der Waals surface area (Å²) >= 11 is 0. The summed E-state index contributed by atoms with van der Waals surface area (Å²) < 4.78 is 0. The Kier molecular flexibility index (Phi) is 9.68. The Hall–Kier alpha value is -9.62. The smallest absolute Gasteiger partial charge is 0.00201 e. The van der Waals surface area contributed by atoms with Gasteiger partial charge >= 0.3 is 0 Å². The van der Waals surface area contributed by atoms with Crippen LogP contribution >= 0.6 is 0 Å². The summed E-state index contributed by atoms with van der Waals surface area (Å²) in [4.78, 5) is 0. The van der Waals surface area contributed by atoms with Crippen LogP contribution in [0.2, 0.25) is 0 Å². The summed E-state index contributed by atoms with van der Waals surface area (Å²) in [6, 6.07) is 104. The zero-order valence-corrected chi connectivity index (χ0v) is 40.6. The van der Waals surface area contributed by atoms with E-state index < -0.39 is 0 Å². The third-order valence-electron chi connectivity index (χ3n) is 15.8. The van der Waals surface area contributed by atoms with Gasteiger partial charge in [0, 0.05) is 0 Å². The lowest BCUT2D eigenvalue weighted by Gasteiger charge is -2.20. The first-order valence-corrected chi connectivity index (χ1v) is 25.7. The molecule has 0 unspecified atom stereocenters. The Balaban J connectivity index is 0.880. The topological polar surface area (TPSA) is 0 Å². The molecule has 0 aliphatic rings. The molecular weight excluding hydrogens is 889 g/mol. The first kappa shape index (κ1) is 42.1. The highest BCUT2D eigenvalue weighted by Crippen LogP contribution is 2.49. The van der Waals surface area contributed by atoms with Crippen molar-refractivity contribution in [2.24, 2.45) is 0 Å². The van der Waals surface area contributed by atoms with E-state index in [9.17, 15) is 0 Å². The number of rotatable bonds is 6. The maximum atomic E-state index is 2.43. The molecule has 0 heteroatoms. The Morgan fingerprint density at radius 1 is 0.135 bits per heavy atom. The second kappa shape index (κ2) is 17.0. The number of hydrogen-bond acceptors (Lipinski definition) is 0. The van der Waals surface area contributed by atoms with Gasteiger partial charge in [0.2, 0.25) is 0 Å². The Bertz CT molecular complexity index is 4660. The van der Waals surface area contributed by atoms with Crippen LogP contribution in [0.3, 0.4) is 0 Å². The third-order valence-corrected chi connectivity index (χ3v) is 15.8.